The van der Waals surface area contributed by atoms with Crippen molar-refractivity contribution in [2.75, 3.05) is 11.5 Å². The van der Waals surface area contributed by atoms with Crippen molar-refractivity contribution in [1.29, 1.82) is 0 Å². The number of carbonyl (C=O) groups is 1. The molecule has 1 fully saturated rings. The quantitative estimate of drug-likeness (QED) is 0.727. The number of thioether (sulfide) groups is 1. The number of amides is 1. The number of carbonyl (C=O) groups excluding carboxylic acids is 1. The smallest absolute Gasteiger partial charge is 0.222 e. The summed E-state index contributed by atoms with van der Waals surface area (Å²) in [6, 6.07) is 0.256. The fourth-order valence-electron chi connectivity index (χ4n) is 1.79. The fourth-order valence-corrected chi connectivity index (χ4v) is 2.46. The predicted octanol–water partition coefficient (Wildman–Crippen LogP) is 1.52. The molecule has 1 rings (SSSR count). The third kappa shape index (κ3) is 4.43. The Morgan fingerprint density at radius 3 is 2.73 bits per heavy atom. The molecule has 0 heterocycles. The molecule has 0 aromatic carbocycles. The van der Waals surface area contributed by atoms with Crippen molar-refractivity contribution >= 4 is 17.7 Å². The number of nitrogens with one attached hydrogen (secondary N) is 1. The summed E-state index contributed by atoms with van der Waals surface area (Å²) >= 11 is 1.85. The zero-order valence-electron chi connectivity index (χ0n) is 9.71. The lowest BCUT2D eigenvalue weighted by molar-refractivity contribution is -0.123. The molecule has 88 valence electrons. The molecule has 1 unspecified atom stereocenters. The Morgan fingerprint density at radius 1 is 1.60 bits per heavy atom. The fraction of sp³-hybridized carbons (Fsp3) is 0.909. The van der Waals surface area contributed by atoms with Gasteiger partial charge in [0, 0.05) is 23.8 Å². The molecule has 3 nitrogen and oxygen atoms in total. The molecule has 1 saturated carbocycles. The lowest BCUT2D eigenvalue weighted by Gasteiger charge is -2.37. The van der Waals surface area contributed by atoms with E-state index in [1.54, 1.807) is 0 Å². The van der Waals surface area contributed by atoms with Crippen LogP contribution in [-0.2, 0) is 4.79 Å². The first-order chi connectivity index (χ1) is 7.06. The second kappa shape index (κ2) is 5.75. The Bertz CT molecular complexity index is 217. The maximum Gasteiger partial charge on any atom is 0.222 e. The summed E-state index contributed by atoms with van der Waals surface area (Å²) in [4.78, 5) is 11.6. The van der Waals surface area contributed by atoms with Crippen LogP contribution in [0.25, 0.3) is 0 Å². The maximum atomic E-state index is 11.6. The highest BCUT2D eigenvalue weighted by Crippen LogP contribution is 2.31. The second-order valence-corrected chi connectivity index (χ2v) is 5.84. The molecule has 0 aromatic rings. The predicted molar refractivity (Wildman–Crippen MR) is 66.0 cm³/mol. The number of nitrogens with two attached hydrogens (primary N) is 1. The SMILES string of the molecule is CCSCC(C)NC(=O)CC1(N)CCC1. The molecule has 1 atom stereocenters. The van der Waals surface area contributed by atoms with Gasteiger partial charge < -0.3 is 11.1 Å². The highest BCUT2D eigenvalue weighted by molar-refractivity contribution is 7.99. The maximum absolute atomic E-state index is 11.6. The summed E-state index contributed by atoms with van der Waals surface area (Å²) in [5, 5.41) is 3.00. The van der Waals surface area contributed by atoms with Crippen molar-refractivity contribution < 1.29 is 4.79 Å². The van der Waals surface area contributed by atoms with Crippen LogP contribution >= 0.6 is 11.8 Å². The van der Waals surface area contributed by atoms with Gasteiger partial charge in [-0.15, -0.1) is 0 Å². The minimum atomic E-state index is -0.193. The Labute approximate surface area is 96.6 Å². The first-order valence-corrected chi connectivity index (χ1v) is 6.87. The molecule has 0 saturated heterocycles. The van der Waals surface area contributed by atoms with Gasteiger partial charge in [0.1, 0.15) is 0 Å². The molecule has 1 amide bonds. The van der Waals surface area contributed by atoms with Crippen LogP contribution in [0, 0.1) is 0 Å². The average molecular weight is 230 g/mol. The van der Waals surface area contributed by atoms with Gasteiger partial charge in [-0.25, -0.2) is 0 Å². The van der Waals surface area contributed by atoms with Gasteiger partial charge in [-0.05, 0) is 31.9 Å². The molecule has 1 aliphatic carbocycles. The van der Waals surface area contributed by atoms with Crippen LogP contribution < -0.4 is 11.1 Å². The highest BCUT2D eigenvalue weighted by atomic mass is 32.2. The molecule has 0 aliphatic heterocycles. The van der Waals surface area contributed by atoms with E-state index in [0.29, 0.717) is 6.42 Å². The molecule has 0 spiro atoms. The average Bonchev–Trinajstić information content (AvgIpc) is 2.12. The van der Waals surface area contributed by atoms with E-state index in [0.717, 1.165) is 24.3 Å². The second-order valence-electron chi connectivity index (χ2n) is 4.52. The molecule has 3 N–H and O–H groups in total. The van der Waals surface area contributed by atoms with E-state index in [2.05, 4.69) is 12.2 Å². The first-order valence-electron chi connectivity index (χ1n) is 5.72. The standard InChI is InChI=1S/C11H22N2OS/c1-3-15-8-9(2)13-10(14)7-11(12)5-4-6-11/h9H,3-8,12H2,1-2H3,(H,13,14). The number of rotatable bonds is 6. The van der Waals surface area contributed by atoms with E-state index in [-0.39, 0.29) is 17.5 Å². The van der Waals surface area contributed by atoms with Crippen LogP contribution in [0.15, 0.2) is 0 Å². The Morgan fingerprint density at radius 2 is 2.27 bits per heavy atom. The number of hydrogen-bond acceptors (Lipinski definition) is 3. The van der Waals surface area contributed by atoms with Crippen molar-refractivity contribution in [2.24, 2.45) is 5.73 Å². The van der Waals surface area contributed by atoms with Crippen molar-refractivity contribution in [2.45, 2.75) is 51.1 Å². The summed E-state index contributed by atoms with van der Waals surface area (Å²) in [7, 11) is 0. The third-order valence-electron chi connectivity index (χ3n) is 2.84. The van der Waals surface area contributed by atoms with Gasteiger partial charge in [-0.1, -0.05) is 6.92 Å². The van der Waals surface area contributed by atoms with Crippen LogP contribution in [0.5, 0.6) is 0 Å². The third-order valence-corrected chi connectivity index (χ3v) is 3.99. The van der Waals surface area contributed by atoms with Crippen LogP contribution in [0.3, 0.4) is 0 Å². The lowest BCUT2D eigenvalue weighted by atomic mass is 9.75. The van der Waals surface area contributed by atoms with Gasteiger partial charge in [-0.3, -0.25) is 4.79 Å². The molecule has 1 aliphatic rings. The molecule has 0 aromatic heterocycles. The van der Waals surface area contributed by atoms with Gasteiger partial charge in [-0.2, -0.15) is 11.8 Å². The Kier molecular flexibility index (Phi) is 4.93. The minimum absolute atomic E-state index is 0.112. The molecule has 4 heteroatoms. The molecule has 15 heavy (non-hydrogen) atoms. The van der Waals surface area contributed by atoms with Gasteiger partial charge in [0.25, 0.3) is 0 Å². The number of hydrogen-bond donors (Lipinski definition) is 2. The van der Waals surface area contributed by atoms with E-state index >= 15 is 0 Å². The molecule has 0 radical (unpaired) electrons. The normalized spacial score (nSPS) is 20.5. The van der Waals surface area contributed by atoms with Gasteiger partial charge in [0.15, 0.2) is 0 Å². The van der Waals surface area contributed by atoms with E-state index in [4.69, 9.17) is 5.73 Å². The summed E-state index contributed by atoms with van der Waals surface area (Å²) in [5.74, 6) is 2.20. The summed E-state index contributed by atoms with van der Waals surface area (Å²) in [6.07, 6.45) is 3.66. The first kappa shape index (κ1) is 12.8. The van der Waals surface area contributed by atoms with E-state index in [1.807, 2.05) is 18.7 Å². The lowest BCUT2D eigenvalue weighted by Crippen LogP contribution is -2.51. The van der Waals surface area contributed by atoms with Gasteiger partial charge in [0.05, 0.1) is 0 Å². The van der Waals surface area contributed by atoms with Crippen LogP contribution in [0.4, 0.5) is 0 Å². The topological polar surface area (TPSA) is 55.1 Å². The van der Waals surface area contributed by atoms with Crippen LogP contribution in [0.1, 0.15) is 39.5 Å². The zero-order valence-corrected chi connectivity index (χ0v) is 10.5. The van der Waals surface area contributed by atoms with Crippen LogP contribution in [0.2, 0.25) is 0 Å². The molecule has 0 bridgehead atoms. The molecular weight excluding hydrogens is 208 g/mol. The molecular formula is C11H22N2OS. The Balaban J connectivity index is 2.17. The van der Waals surface area contributed by atoms with Crippen molar-refractivity contribution in [1.82, 2.24) is 5.32 Å². The van der Waals surface area contributed by atoms with Gasteiger partial charge in [0.2, 0.25) is 5.91 Å². The minimum Gasteiger partial charge on any atom is -0.353 e. The van der Waals surface area contributed by atoms with E-state index in [1.165, 1.54) is 6.42 Å². The monoisotopic (exact) mass is 230 g/mol. The van der Waals surface area contributed by atoms with Crippen molar-refractivity contribution in [3.63, 3.8) is 0 Å². The summed E-state index contributed by atoms with van der Waals surface area (Å²) in [5.41, 5.74) is 5.82. The van der Waals surface area contributed by atoms with E-state index in [9.17, 15) is 4.79 Å². The van der Waals surface area contributed by atoms with Crippen LogP contribution in [-0.4, -0.2) is 29.0 Å². The largest absolute Gasteiger partial charge is 0.353 e. The van der Waals surface area contributed by atoms with Crippen molar-refractivity contribution in [3.8, 4) is 0 Å². The Hall–Kier alpha value is -0.220. The van der Waals surface area contributed by atoms with E-state index < -0.39 is 0 Å². The van der Waals surface area contributed by atoms with Gasteiger partial charge >= 0.3 is 0 Å². The highest BCUT2D eigenvalue weighted by Gasteiger charge is 2.34. The van der Waals surface area contributed by atoms with Crippen molar-refractivity contribution in [3.05, 3.63) is 0 Å². The summed E-state index contributed by atoms with van der Waals surface area (Å²) < 4.78 is 0. The zero-order chi connectivity index (χ0) is 11.3. The summed E-state index contributed by atoms with van der Waals surface area (Å²) in [6.45, 7) is 4.17.